The zero-order valence-electron chi connectivity index (χ0n) is 33.6. The first kappa shape index (κ1) is 46.9. The van der Waals surface area contributed by atoms with Gasteiger partial charge in [-0.3, -0.25) is 0 Å². The molecule has 0 nitrogen and oxygen atoms in total. The second-order valence-corrected chi connectivity index (χ2v) is 17.9. The number of benzene rings is 1. The van der Waals surface area contributed by atoms with E-state index in [9.17, 15) is 0 Å². The van der Waals surface area contributed by atoms with Crippen LogP contribution in [0, 0.1) is 6.92 Å². The molecule has 49 heavy (non-hydrogen) atoms. The van der Waals surface area contributed by atoms with Crippen molar-refractivity contribution >= 4 is 23.5 Å². The highest BCUT2D eigenvalue weighted by atomic mass is 32.2. The van der Waals surface area contributed by atoms with Crippen molar-refractivity contribution in [1.29, 1.82) is 0 Å². The largest absolute Gasteiger partial charge is 0.126 e. The fraction of sp³-hybridized carbons (Fsp3) is 0.851. The Labute approximate surface area is 319 Å². The molecule has 0 aliphatic heterocycles. The Balaban J connectivity index is 1.86. The van der Waals surface area contributed by atoms with Gasteiger partial charge in [0.1, 0.15) is 0 Å². The summed E-state index contributed by atoms with van der Waals surface area (Å²) in [5.41, 5.74) is 1.18. The molecule has 0 fully saturated rings. The van der Waals surface area contributed by atoms with Crippen molar-refractivity contribution < 1.29 is 0 Å². The lowest BCUT2D eigenvalue weighted by atomic mass is 10.0. The molecule has 0 aliphatic carbocycles. The van der Waals surface area contributed by atoms with E-state index in [4.69, 9.17) is 0 Å². The minimum absolute atomic E-state index is 1.18. The molecule has 0 heterocycles. The second kappa shape index (κ2) is 39.1. The van der Waals surface area contributed by atoms with Gasteiger partial charge in [-0.1, -0.05) is 232 Å². The van der Waals surface area contributed by atoms with E-state index >= 15 is 0 Å². The third-order valence-corrected chi connectivity index (χ3v) is 12.6. The van der Waals surface area contributed by atoms with E-state index in [1.807, 2.05) is 0 Å². The highest BCUT2D eigenvalue weighted by Crippen LogP contribution is 2.29. The molecule has 0 bridgehead atoms. The van der Waals surface area contributed by atoms with E-state index in [-0.39, 0.29) is 0 Å². The Hall–Kier alpha value is -0.0800. The quantitative estimate of drug-likeness (QED) is 0.0490. The first-order valence-corrected chi connectivity index (χ1v) is 24.5. The number of unbranched alkanes of at least 4 members (excludes halogenated alkanes) is 34. The number of hydrogen-bond donors (Lipinski definition) is 0. The fourth-order valence-electron chi connectivity index (χ4n) is 7.18. The Morgan fingerprint density at radius 3 is 0.735 bits per heavy atom. The van der Waals surface area contributed by atoms with Gasteiger partial charge in [-0.05, 0) is 55.0 Å². The topological polar surface area (TPSA) is 0 Å². The molecule has 0 aliphatic rings. The molecule has 1 rings (SSSR count). The summed E-state index contributed by atoms with van der Waals surface area (Å²) in [4.78, 5) is 2.86. The lowest BCUT2D eigenvalue weighted by Crippen LogP contribution is -1.87. The molecule has 0 saturated heterocycles. The molecule has 287 valence electrons. The van der Waals surface area contributed by atoms with Gasteiger partial charge in [0.25, 0.3) is 0 Å². The molecular formula is C47H87S2. The Bertz CT molecular complexity index is 713. The lowest BCUT2D eigenvalue weighted by molar-refractivity contribution is 0.526. The normalized spacial score (nSPS) is 11.6. The van der Waals surface area contributed by atoms with Crippen molar-refractivity contribution in [2.24, 2.45) is 0 Å². The molecule has 0 amide bonds. The SMILES string of the molecule is [CH2]c1cc(SCCCCCCCCCCCCCCCCCCCC)cc(SCCCCCCCCCCCCCCCCCCCC)c1. The van der Waals surface area contributed by atoms with Crippen molar-refractivity contribution in [3.05, 3.63) is 30.7 Å². The fourth-order valence-corrected chi connectivity index (χ4v) is 9.32. The van der Waals surface area contributed by atoms with Gasteiger partial charge in [0, 0.05) is 9.79 Å². The molecule has 1 aromatic carbocycles. The van der Waals surface area contributed by atoms with Crippen LogP contribution in [0.1, 0.15) is 251 Å². The van der Waals surface area contributed by atoms with Gasteiger partial charge in [-0.2, -0.15) is 0 Å². The van der Waals surface area contributed by atoms with Gasteiger partial charge in [0.15, 0.2) is 0 Å². The van der Waals surface area contributed by atoms with E-state index in [0.717, 1.165) is 0 Å². The van der Waals surface area contributed by atoms with E-state index in [1.54, 1.807) is 0 Å². The van der Waals surface area contributed by atoms with Crippen LogP contribution in [0.3, 0.4) is 0 Å². The van der Waals surface area contributed by atoms with Crippen LogP contribution in [0.4, 0.5) is 0 Å². The summed E-state index contributed by atoms with van der Waals surface area (Å²) >= 11 is 4.10. The van der Waals surface area contributed by atoms with Crippen LogP contribution in [0.15, 0.2) is 28.0 Å². The molecule has 0 saturated carbocycles. The summed E-state index contributed by atoms with van der Waals surface area (Å²) in [7, 11) is 0. The maximum atomic E-state index is 4.28. The molecule has 0 unspecified atom stereocenters. The van der Waals surface area contributed by atoms with Crippen LogP contribution in [0.25, 0.3) is 0 Å². The first-order valence-electron chi connectivity index (χ1n) is 22.5. The maximum absolute atomic E-state index is 4.28. The van der Waals surface area contributed by atoms with Crippen LogP contribution < -0.4 is 0 Å². The minimum Gasteiger partial charge on any atom is -0.126 e. The van der Waals surface area contributed by atoms with Crippen molar-refractivity contribution in [1.82, 2.24) is 0 Å². The third kappa shape index (κ3) is 34.8. The Kier molecular flexibility index (Phi) is 37.5. The van der Waals surface area contributed by atoms with Crippen LogP contribution in [-0.4, -0.2) is 11.5 Å². The van der Waals surface area contributed by atoms with E-state index in [0.29, 0.717) is 0 Å². The van der Waals surface area contributed by atoms with E-state index < -0.39 is 0 Å². The predicted molar refractivity (Wildman–Crippen MR) is 230 cm³/mol. The second-order valence-electron chi connectivity index (χ2n) is 15.5. The smallest absolute Gasteiger partial charge is 0.00858 e. The number of rotatable bonds is 40. The monoisotopic (exact) mass is 716 g/mol. The molecule has 1 aromatic rings. The van der Waals surface area contributed by atoms with Crippen LogP contribution in [-0.2, 0) is 0 Å². The van der Waals surface area contributed by atoms with Crippen LogP contribution in [0.5, 0.6) is 0 Å². The van der Waals surface area contributed by atoms with Crippen LogP contribution in [0.2, 0.25) is 0 Å². The Morgan fingerprint density at radius 2 is 0.510 bits per heavy atom. The zero-order chi connectivity index (χ0) is 35.1. The van der Waals surface area contributed by atoms with Crippen molar-refractivity contribution in [3.63, 3.8) is 0 Å². The molecule has 0 spiro atoms. The summed E-state index contributed by atoms with van der Waals surface area (Å²) in [6, 6.07) is 7.01. The molecule has 2 heteroatoms. The van der Waals surface area contributed by atoms with Crippen LogP contribution >= 0.6 is 23.5 Å². The average molecular weight is 716 g/mol. The summed E-state index contributed by atoms with van der Waals surface area (Å²) < 4.78 is 0. The van der Waals surface area contributed by atoms with Gasteiger partial charge in [-0.25, -0.2) is 0 Å². The highest BCUT2D eigenvalue weighted by Gasteiger charge is 2.02. The standard InChI is InChI=1S/C47H87S2/c1-4-6-8-10-12-14-16-18-20-22-24-26-28-30-32-34-36-38-40-48-46-42-45(3)43-47(44-46)49-41-39-37-35-33-31-29-27-25-23-21-19-17-15-13-11-9-7-5-2/h42-44H,3-41H2,1-2H3. The molecule has 0 aromatic heterocycles. The van der Waals surface area contributed by atoms with Gasteiger partial charge < -0.3 is 0 Å². The number of hydrogen-bond acceptors (Lipinski definition) is 2. The van der Waals surface area contributed by atoms with E-state index in [1.165, 1.54) is 258 Å². The predicted octanol–water partition coefficient (Wildman–Crippen LogP) is 18.1. The number of thioether (sulfide) groups is 2. The van der Waals surface area contributed by atoms with Gasteiger partial charge in [-0.15, -0.1) is 23.5 Å². The average Bonchev–Trinajstić information content (AvgIpc) is 3.10. The summed E-state index contributed by atoms with van der Waals surface area (Å²) in [6.45, 7) is 8.89. The summed E-state index contributed by atoms with van der Waals surface area (Å²) in [6.07, 6.45) is 52.1. The first-order chi connectivity index (χ1) is 24.3. The lowest BCUT2D eigenvalue weighted by Gasteiger charge is -2.08. The highest BCUT2D eigenvalue weighted by molar-refractivity contribution is 8.00. The van der Waals surface area contributed by atoms with E-state index in [2.05, 4.69) is 62.5 Å². The summed E-state index contributed by atoms with van der Waals surface area (Å²) in [5.74, 6) is 2.51. The maximum Gasteiger partial charge on any atom is 0.00858 e. The molecule has 1 radical (unpaired) electrons. The van der Waals surface area contributed by atoms with Gasteiger partial charge in [0.05, 0.1) is 0 Å². The Morgan fingerprint density at radius 1 is 0.306 bits per heavy atom. The molecule has 0 N–H and O–H groups in total. The van der Waals surface area contributed by atoms with Crippen molar-refractivity contribution in [2.75, 3.05) is 11.5 Å². The van der Waals surface area contributed by atoms with Gasteiger partial charge in [0.2, 0.25) is 0 Å². The zero-order valence-corrected chi connectivity index (χ0v) is 35.3. The summed E-state index contributed by atoms with van der Waals surface area (Å²) in [5, 5.41) is 0. The van der Waals surface area contributed by atoms with Gasteiger partial charge >= 0.3 is 0 Å². The minimum atomic E-state index is 1.18. The van der Waals surface area contributed by atoms with Crippen molar-refractivity contribution in [3.8, 4) is 0 Å². The molecule has 0 atom stereocenters. The molecular weight excluding hydrogens is 629 g/mol. The third-order valence-electron chi connectivity index (χ3n) is 10.5. The van der Waals surface area contributed by atoms with Crippen molar-refractivity contribution in [2.45, 2.75) is 255 Å².